The molecule has 0 radical (unpaired) electrons. The lowest BCUT2D eigenvalue weighted by molar-refractivity contribution is -0.129. The Morgan fingerprint density at radius 1 is 1.29 bits per heavy atom. The summed E-state index contributed by atoms with van der Waals surface area (Å²) < 4.78 is 11.4. The second-order valence-corrected chi connectivity index (χ2v) is 5.66. The van der Waals surface area contributed by atoms with Gasteiger partial charge in [-0.1, -0.05) is 12.5 Å². The summed E-state index contributed by atoms with van der Waals surface area (Å²) in [5, 5.41) is 0. The van der Waals surface area contributed by atoms with Gasteiger partial charge in [0.1, 0.15) is 0 Å². The third-order valence-corrected chi connectivity index (χ3v) is 4.72. The van der Waals surface area contributed by atoms with Crippen LogP contribution >= 0.6 is 0 Å². The molecule has 0 aromatic heterocycles. The van der Waals surface area contributed by atoms with Crippen LogP contribution in [0.25, 0.3) is 0 Å². The first-order valence-corrected chi connectivity index (χ1v) is 6.67. The van der Waals surface area contributed by atoms with Crippen LogP contribution in [-0.2, 0) is 14.3 Å². The molecule has 0 aromatic rings. The van der Waals surface area contributed by atoms with E-state index in [0.29, 0.717) is 18.1 Å². The highest BCUT2D eigenvalue weighted by Crippen LogP contribution is 2.52. The van der Waals surface area contributed by atoms with Crippen LogP contribution in [0.5, 0.6) is 0 Å². The van der Waals surface area contributed by atoms with Crippen molar-refractivity contribution in [2.24, 2.45) is 11.3 Å². The largest absolute Gasteiger partial charge is 0.350 e. The fourth-order valence-corrected chi connectivity index (χ4v) is 3.63. The second kappa shape index (κ2) is 4.21. The Kier molecular flexibility index (Phi) is 2.83. The van der Waals surface area contributed by atoms with Gasteiger partial charge in [-0.15, -0.1) is 0 Å². The number of ether oxygens (including phenoxy) is 2. The molecule has 0 spiro atoms. The van der Waals surface area contributed by atoms with Crippen molar-refractivity contribution in [1.29, 1.82) is 0 Å². The van der Waals surface area contributed by atoms with E-state index in [4.69, 9.17) is 9.47 Å². The molecule has 3 heteroatoms. The summed E-state index contributed by atoms with van der Waals surface area (Å²) in [4.78, 5) is 11.5. The van der Waals surface area contributed by atoms with Gasteiger partial charge in [0.15, 0.2) is 12.1 Å². The summed E-state index contributed by atoms with van der Waals surface area (Å²) in [5.41, 5.74) is 1.46. The Labute approximate surface area is 102 Å². The van der Waals surface area contributed by atoms with Crippen LogP contribution in [0.3, 0.4) is 0 Å². The van der Waals surface area contributed by atoms with E-state index in [9.17, 15) is 4.79 Å². The summed E-state index contributed by atoms with van der Waals surface area (Å²) in [6, 6.07) is 0. The fraction of sp³-hybridized carbons (Fsp3) is 0.786. The van der Waals surface area contributed by atoms with E-state index in [0.717, 1.165) is 38.9 Å². The molecule has 2 fully saturated rings. The standard InChI is InChI=1S/C14H20O3/c1-14-6-5-11(15)9-10(14)3-2-4-12(14)13-16-7-8-17-13/h9,12-13H,2-8H2,1H3. The van der Waals surface area contributed by atoms with Crippen LogP contribution in [0.1, 0.15) is 39.0 Å². The minimum absolute atomic E-state index is 0.0445. The highest BCUT2D eigenvalue weighted by atomic mass is 16.7. The summed E-state index contributed by atoms with van der Waals surface area (Å²) in [6.45, 7) is 3.73. The highest BCUT2D eigenvalue weighted by Gasteiger charge is 2.47. The summed E-state index contributed by atoms with van der Waals surface area (Å²) in [6.07, 6.45) is 6.89. The molecule has 2 aliphatic carbocycles. The molecule has 1 aliphatic heterocycles. The van der Waals surface area contributed by atoms with Gasteiger partial charge >= 0.3 is 0 Å². The minimum atomic E-state index is -0.0445. The van der Waals surface area contributed by atoms with E-state index in [1.54, 1.807) is 0 Å². The van der Waals surface area contributed by atoms with Gasteiger partial charge in [-0.25, -0.2) is 0 Å². The summed E-state index contributed by atoms with van der Waals surface area (Å²) >= 11 is 0. The minimum Gasteiger partial charge on any atom is -0.350 e. The molecule has 1 saturated carbocycles. The third kappa shape index (κ3) is 1.85. The number of hydrogen-bond donors (Lipinski definition) is 0. The van der Waals surface area contributed by atoms with Crippen LogP contribution in [-0.4, -0.2) is 25.3 Å². The van der Waals surface area contributed by atoms with Crippen molar-refractivity contribution < 1.29 is 14.3 Å². The van der Waals surface area contributed by atoms with Crippen LogP contribution in [0.4, 0.5) is 0 Å². The summed E-state index contributed by atoms with van der Waals surface area (Å²) in [7, 11) is 0. The molecule has 94 valence electrons. The van der Waals surface area contributed by atoms with E-state index in [1.165, 1.54) is 5.57 Å². The van der Waals surface area contributed by atoms with Crippen LogP contribution in [0, 0.1) is 11.3 Å². The van der Waals surface area contributed by atoms with Gasteiger partial charge in [0.05, 0.1) is 13.2 Å². The lowest BCUT2D eigenvalue weighted by Crippen LogP contribution is -2.43. The van der Waals surface area contributed by atoms with Gasteiger partial charge in [0.25, 0.3) is 0 Å². The predicted molar refractivity (Wildman–Crippen MR) is 63.5 cm³/mol. The molecule has 0 bridgehead atoms. The van der Waals surface area contributed by atoms with E-state index >= 15 is 0 Å². The number of hydrogen-bond acceptors (Lipinski definition) is 3. The average Bonchev–Trinajstić information content (AvgIpc) is 2.82. The second-order valence-electron chi connectivity index (χ2n) is 5.66. The third-order valence-electron chi connectivity index (χ3n) is 4.72. The van der Waals surface area contributed by atoms with E-state index < -0.39 is 0 Å². The Hall–Kier alpha value is -0.670. The van der Waals surface area contributed by atoms with Crippen molar-refractivity contribution >= 4 is 5.78 Å². The SMILES string of the molecule is CC12CCC(=O)C=C1CCCC2C1OCCO1. The first-order valence-electron chi connectivity index (χ1n) is 6.67. The molecule has 2 unspecified atom stereocenters. The highest BCUT2D eigenvalue weighted by molar-refractivity contribution is 5.91. The number of carbonyl (C=O) groups is 1. The van der Waals surface area contributed by atoms with Crippen molar-refractivity contribution in [2.75, 3.05) is 13.2 Å². The molecule has 17 heavy (non-hydrogen) atoms. The normalized spacial score (nSPS) is 39.0. The molecule has 3 nitrogen and oxygen atoms in total. The average molecular weight is 236 g/mol. The van der Waals surface area contributed by atoms with Crippen molar-refractivity contribution in [1.82, 2.24) is 0 Å². The van der Waals surface area contributed by atoms with Gasteiger partial charge in [-0.05, 0) is 37.2 Å². The van der Waals surface area contributed by atoms with Gasteiger partial charge in [-0.2, -0.15) is 0 Å². The molecule has 0 N–H and O–H groups in total. The maximum absolute atomic E-state index is 11.5. The van der Waals surface area contributed by atoms with E-state index in [2.05, 4.69) is 6.92 Å². The molecule has 1 saturated heterocycles. The zero-order valence-electron chi connectivity index (χ0n) is 10.4. The Balaban J connectivity index is 1.89. The Morgan fingerprint density at radius 3 is 2.82 bits per heavy atom. The fourth-order valence-electron chi connectivity index (χ4n) is 3.63. The van der Waals surface area contributed by atoms with Crippen LogP contribution in [0.2, 0.25) is 0 Å². The predicted octanol–water partition coefficient (Wildman–Crippen LogP) is 2.46. The van der Waals surface area contributed by atoms with Gasteiger partial charge in [0.2, 0.25) is 0 Å². The molecule has 3 aliphatic rings. The molecular formula is C14H20O3. The molecule has 1 heterocycles. The lowest BCUT2D eigenvalue weighted by atomic mass is 9.59. The topological polar surface area (TPSA) is 35.5 Å². The summed E-state index contributed by atoms with van der Waals surface area (Å²) in [5.74, 6) is 0.726. The number of carbonyl (C=O) groups excluding carboxylic acids is 1. The number of allylic oxidation sites excluding steroid dienone is 2. The van der Waals surface area contributed by atoms with Crippen molar-refractivity contribution in [2.45, 2.75) is 45.3 Å². The van der Waals surface area contributed by atoms with Crippen molar-refractivity contribution in [3.8, 4) is 0 Å². The van der Waals surface area contributed by atoms with Gasteiger partial charge in [-0.3, -0.25) is 4.79 Å². The zero-order chi connectivity index (χ0) is 11.9. The Bertz CT molecular complexity index is 354. The number of rotatable bonds is 1. The first-order chi connectivity index (χ1) is 8.20. The zero-order valence-corrected chi connectivity index (χ0v) is 10.4. The smallest absolute Gasteiger partial charge is 0.161 e. The number of fused-ring (bicyclic) bond motifs is 1. The molecule has 0 amide bonds. The van der Waals surface area contributed by atoms with E-state index in [-0.39, 0.29) is 11.7 Å². The Morgan fingerprint density at radius 2 is 2.06 bits per heavy atom. The van der Waals surface area contributed by atoms with Crippen molar-refractivity contribution in [3.63, 3.8) is 0 Å². The molecule has 2 atom stereocenters. The monoisotopic (exact) mass is 236 g/mol. The molecule has 3 rings (SSSR count). The molecule has 0 aromatic carbocycles. The van der Waals surface area contributed by atoms with Gasteiger partial charge in [0, 0.05) is 12.3 Å². The quantitative estimate of drug-likeness (QED) is 0.701. The van der Waals surface area contributed by atoms with Crippen molar-refractivity contribution in [3.05, 3.63) is 11.6 Å². The first kappa shape index (κ1) is 11.4. The molecular weight excluding hydrogens is 216 g/mol. The van der Waals surface area contributed by atoms with Crippen LogP contribution < -0.4 is 0 Å². The number of ketones is 1. The van der Waals surface area contributed by atoms with E-state index in [1.807, 2.05) is 6.08 Å². The van der Waals surface area contributed by atoms with Crippen LogP contribution in [0.15, 0.2) is 11.6 Å². The van der Waals surface area contributed by atoms with Gasteiger partial charge < -0.3 is 9.47 Å². The maximum Gasteiger partial charge on any atom is 0.161 e. The maximum atomic E-state index is 11.5. The lowest BCUT2D eigenvalue weighted by Gasteiger charge is -2.47.